The Labute approximate surface area is 211 Å². The van der Waals surface area contributed by atoms with Gasteiger partial charge in [0, 0.05) is 7.11 Å². The summed E-state index contributed by atoms with van der Waals surface area (Å²) in [5.41, 5.74) is 1.83. The van der Waals surface area contributed by atoms with Crippen molar-refractivity contribution in [1.29, 1.82) is 0 Å². The summed E-state index contributed by atoms with van der Waals surface area (Å²) in [6, 6.07) is 19.0. The molecule has 0 bridgehead atoms. The largest absolute Gasteiger partial charge is 0.388 e. The minimum atomic E-state index is -1.25. The molecule has 9 nitrogen and oxygen atoms in total. The third-order valence-corrected chi connectivity index (χ3v) is 6.63. The lowest BCUT2D eigenvalue weighted by Crippen LogP contribution is -2.63. The smallest absolute Gasteiger partial charge is 0.187 e. The average molecular weight is 505 g/mol. The second-order valence-corrected chi connectivity index (χ2v) is 9.25. The van der Waals surface area contributed by atoms with E-state index in [1.807, 2.05) is 60.7 Å². The predicted octanol–water partition coefficient (Wildman–Crippen LogP) is 1.76. The highest BCUT2D eigenvalue weighted by Crippen LogP contribution is 2.32. The highest BCUT2D eigenvalue weighted by Gasteiger charge is 2.50. The van der Waals surface area contributed by atoms with Crippen molar-refractivity contribution in [3.05, 3.63) is 71.8 Å². The molecular weight excluding hydrogens is 468 g/mol. The van der Waals surface area contributed by atoms with Crippen LogP contribution in [0.4, 0.5) is 0 Å². The van der Waals surface area contributed by atoms with Crippen molar-refractivity contribution >= 4 is 0 Å². The number of aliphatic hydroxyl groups is 3. The van der Waals surface area contributed by atoms with Crippen molar-refractivity contribution in [3.8, 4) is 0 Å². The lowest BCUT2D eigenvalue weighted by atomic mass is 9.97. The first-order valence-electron chi connectivity index (χ1n) is 12.2. The topological polar surface area (TPSA) is 116 Å². The normalized spacial score (nSPS) is 37.1. The van der Waals surface area contributed by atoms with E-state index in [4.69, 9.17) is 28.4 Å². The number of methoxy groups -OCH3 is 1. The van der Waals surface area contributed by atoms with Crippen LogP contribution in [0.1, 0.15) is 25.0 Å². The Morgan fingerprint density at radius 1 is 0.639 bits per heavy atom. The maximum Gasteiger partial charge on any atom is 0.187 e. The zero-order valence-corrected chi connectivity index (χ0v) is 20.8. The lowest BCUT2D eigenvalue weighted by molar-refractivity contribution is -0.359. The van der Waals surface area contributed by atoms with Crippen molar-refractivity contribution in [1.82, 2.24) is 0 Å². The highest BCUT2D eigenvalue weighted by molar-refractivity contribution is 5.14. The number of hydrogen-bond donors (Lipinski definition) is 3. The molecule has 0 aromatic heterocycles. The Morgan fingerprint density at radius 2 is 1.14 bits per heavy atom. The van der Waals surface area contributed by atoms with Gasteiger partial charge in [-0.05, 0) is 25.0 Å². The van der Waals surface area contributed by atoms with E-state index in [9.17, 15) is 15.3 Å². The van der Waals surface area contributed by atoms with Gasteiger partial charge in [-0.2, -0.15) is 0 Å². The monoisotopic (exact) mass is 504 g/mol. The van der Waals surface area contributed by atoms with Crippen molar-refractivity contribution in [2.75, 3.05) is 7.11 Å². The fraction of sp³-hybridized carbons (Fsp3) is 0.556. The first-order valence-corrected chi connectivity index (χ1v) is 12.2. The molecule has 198 valence electrons. The quantitative estimate of drug-likeness (QED) is 0.470. The summed E-state index contributed by atoms with van der Waals surface area (Å²) >= 11 is 0. The van der Waals surface area contributed by atoms with Crippen molar-refractivity contribution < 1.29 is 43.7 Å². The van der Waals surface area contributed by atoms with Crippen molar-refractivity contribution in [2.24, 2.45) is 0 Å². The van der Waals surface area contributed by atoms with Gasteiger partial charge in [0.15, 0.2) is 12.6 Å². The van der Waals surface area contributed by atoms with Crippen LogP contribution in [0.5, 0.6) is 0 Å². The molecule has 36 heavy (non-hydrogen) atoms. The molecule has 0 amide bonds. The maximum atomic E-state index is 11.3. The molecule has 2 saturated heterocycles. The summed E-state index contributed by atoms with van der Waals surface area (Å²) in [6.07, 6.45) is -9.42. The molecule has 0 unspecified atom stereocenters. The van der Waals surface area contributed by atoms with E-state index >= 15 is 0 Å². The summed E-state index contributed by atoms with van der Waals surface area (Å²) in [5, 5.41) is 32.5. The third-order valence-electron chi connectivity index (χ3n) is 6.63. The molecule has 0 aliphatic carbocycles. The van der Waals surface area contributed by atoms with Crippen LogP contribution in [0, 0.1) is 0 Å². The molecule has 4 rings (SSSR count). The van der Waals surface area contributed by atoms with Crippen LogP contribution >= 0.6 is 0 Å². The Hall–Kier alpha value is -1.92. The number of ether oxygens (including phenoxy) is 6. The molecule has 2 aliphatic heterocycles. The maximum absolute atomic E-state index is 11.3. The summed E-state index contributed by atoms with van der Waals surface area (Å²) in [4.78, 5) is 0. The second kappa shape index (κ2) is 12.6. The molecule has 0 spiro atoms. The van der Waals surface area contributed by atoms with Gasteiger partial charge < -0.3 is 43.7 Å². The van der Waals surface area contributed by atoms with Gasteiger partial charge in [-0.25, -0.2) is 0 Å². The SMILES string of the molecule is CO[C@@H]1O[C@@H](C)[C@H](O[C@@H]2O[C@H](C)[C@@H](O)[C@@H](O)[C@H]2OCc2ccccc2)[C@H](O)[C@H]1OCc1ccccc1. The van der Waals surface area contributed by atoms with Gasteiger partial charge >= 0.3 is 0 Å². The van der Waals surface area contributed by atoms with E-state index < -0.39 is 61.4 Å². The minimum Gasteiger partial charge on any atom is -0.388 e. The van der Waals surface area contributed by atoms with Crippen LogP contribution < -0.4 is 0 Å². The van der Waals surface area contributed by atoms with Gasteiger partial charge in [0.25, 0.3) is 0 Å². The van der Waals surface area contributed by atoms with Gasteiger partial charge in [0.1, 0.15) is 36.6 Å². The minimum absolute atomic E-state index is 0.181. The van der Waals surface area contributed by atoms with Crippen LogP contribution in [-0.4, -0.2) is 83.8 Å². The Bertz CT molecular complexity index is 914. The fourth-order valence-corrected chi connectivity index (χ4v) is 4.53. The molecule has 2 heterocycles. The lowest BCUT2D eigenvalue weighted by Gasteiger charge is -2.47. The molecule has 10 atom stereocenters. The molecule has 2 aromatic carbocycles. The number of benzene rings is 2. The van der Waals surface area contributed by atoms with E-state index in [0.29, 0.717) is 0 Å². The molecule has 0 saturated carbocycles. The molecule has 9 heteroatoms. The van der Waals surface area contributed by atoms with E-state index in [-0.39, 0.29) is 13.2 Å². The van der Waals surface area contributed by atoms with Gasteiger partial charge in [0.2, 0.25) is 0 Å². The standard InChI is InChI=1S/C27H36O9/c1-16-20(28)21(29)24(32-14-18-10-6-4-7-11-18)27(34-16)36-23-17(2)35-26(31-3)25(22(23)30)33-15-19-12-8-5-9-13-19/h4-13,16-17,20-30H,14-15H2,1-3H3/t16-,17+,20-,21-,22+,23+,24-,25-,26-,27+/m1/s1. The molecule has 2 aliphatic rings. The third kappa shape index (κ3) is 6.31. The molecule has 0 radical (unpaired) electrons. The van der Waals surface area contributed by atoms with Crippen LogP contribution in [0.25, 0.3) is 0 Å². The van der Waals surface area contributed by atoms with E-state index in [0.717, 1.165) is 11.1 Å². The number of rotatable bonds is 9. The Morgan fingerprint density at radius 3 is 1.67 bits per heavy atom. The Balaban J connectivity index is 1.47. The van der Waals surface area contributed by atoms with Gasteiger partial charge in [-0.3, -0.25) is 0 Å². The Kier molecular flexibility index (Phi) is 9.46. The summed E-state index contributed by atoms with van der Waals surface area (Å²) in [6.45, 7) is 3.82. The van der Waals surface area contributed by atoms with Crippen LogP contribution in [0.2, 0.25) is 0 Å². The van der Waals surface area contributed by atoms with E-state index in [1.54, 1.807) is 13.8 Å². The van der Waals surface area contributed by atoms with Crippen LogP contribution in [0.3, 0.4) is 0 Å². The average Bonchev–Trinajstić information content (AvgIpc) is 2.89. The van der Waals surface area contributed by atoms with E-state index in [1.165, 1.54) is 7.11 Å². The zero-order valence-electron chi connectivity index (χ0n) is 20.8. The van der Waals surface area contributed by atoms with Gasteiger partial charge in [-0.15, -0.1) is 0 Å². The number of hydrogen-bond acceptors (Lipinski definition) is 9. The second-order valence-electron chi connectivity index (χ2n) is 9.25. The van der Waals surface area contributed by atoms with Gasteiger partial charge in [0.05, 0.1) is 25.4 Å². The highest BCUT2D eigenvalue weighted by atomic mass is 16.7. The van der Waals surface area contributed by atoms with Crippen LogP contribution in [-0.2, 0) is 41.6 Å². The summed E-state index contributed by atoms with van der Waals surface area (Å²) < 4.78 is 35.4. The molecule has 3 N–H and O–H groups in total. The first kappa shape index (κ1) is 27.1. The summed E-state index contributed by atoms with van der Waals surface area (Å²) in [5.74, 6) is 0. The van der Waals surface area contributed by atoms with E-state index in [2.05, 4.69) is 0 Å². The van der Waals surface area contributed by atoms with Crippen molar-refractivity contribution in [2.45, 2.75) is 88.5 Å². The number of aliphatic hydroxyl groups excluding tert-OH is 3. The first-order chi connectivity index (χ1) is 17.4. The molecular formula is C27H36O9. The summed E-state index contributed by atoms with van der Waals surface area (Å²) in [7, 11) is 1.49. The van der Waals surface area contributed by atoms with Crippen LogP contribution in [0.15, 0.2) is 60.7 Å². The fourth-order valence-electron chi connectivity index (χ4n) is 4.53. The van der Waals surface area contributed by atoms with Gasteiger partial charge in [-0.1, -0.05) is 60.7 Å². The molecule has 2 fully saturated rings. The van der Waals surface area contributed by atoms with Crippen molar-refractivity contribution in [3.63, 3.8) is 0 Å². The molecule has 2 aromatic rings. The predicted molar refractivity (Wildman–Crippen MR) is 129 cm³/mol. The zero-order chi connectivity index (χ0) is 25.7.